The molecule has 330 valence electrons. The average molecular weight is 901 g/mol. The van der Waals surface area contributed by atoms with Crippen LogP contribution in [0.15, 0.2) is 285 Å². The molecule has 0 atom stereocenters. The van der Waals surface area contributed by atoms with E-state index in [-0.39, 0.29) is 20.1 Å². The summed E-state index contributed by atoms with van der Waals surface area (Å²) in [7, 11) is 0. The van der Waals surface area contributed by atoms with E-state index in [2.05, 4.69) is 294 Å². The van der Waals surface area contributed by atoms with Gasteiger partial charge in [0.2, 0.25) is 20.1 Å². The Bertz CT molecular complexity index is 3840. The molecule has 2 nitrogen and oxygen atoms in total. The lowest BCUT2D eigenvalue weighted by Gasteiger charge is -2.17. The Hall–Kier alpha value is -8.79. The van der Waals surface area contributed by atoms with E-state index in [9.17, 15) is 0 Å². The summed E-state index contributed by atoms with van der Waals surface area (Å²) < 4.78 is 5.02. The SMILES string of the molecule is c1ccc(B(c2ccccc2)c2ccc(-n3c4ccc(B(c5ccccc5)c5ccccc5)cc4c4c3ccc3c5cc(B(c6ccccc6)c6ccccc6)ccc5n(-c5ccccc5)c34)cc2)cc1. The Morgan fingerprint density at radius 3 is 0.944 bits per heavy atom. The van der Waals surface area contributed by atoms with Gasteiger partial charge in [0.15, 0.2) is 0 Å². The van der Waals surface area contributed by atoms with E-state index in [0.29, 0.717) is 0 Å². The fourth-order valence-corrected chi connectivity index (χ4v) is 11.5. The first-order valence-corrected chi connectivity index (χ1v) is 24.8. The molecular weight excluding hydrogens is 853 g/mol. The third-order valence-electron chi connectivity index (χ3n) is 14.7. The number of fused-ring (bicyclic) bond motifs is 7. The summed E-state index contributed by atoms with van der Waals surface area (Å²) >= 11 is 0. The highest BCUT2D eigenvalue weighted by atomic mass is 15.0. The first-order valence-electron chi connectivity index (χ1n) is 24.8. The number of hydrogen-bond donors (Lipinski definition) is 0. The van der Waals surface area contributed by atoms with Gasteiger partial charge in [-0.3, -0.25) is 0 Å². The van der Waals surface area contributed by atoms with Gasteiger partial charge in [0, 0.05) is 32.9 Å². The number of nitrogens with zero attached hydrogens (tertiary/aromatic N) is 2. The minimum absolute atomic E-state index is 0.0436. The molecule has 0 radical (unpaired) electrons. The summed E-state index contributed by atoms with van der Waals surface area (Å²) in [5, 5.41) is 4.93. The Labute approximate surface area is 416 Å². The smallest absolute Gasteiger partial charge is 0.241 e. The molecule has 13 rings (SSSR count). The number of rotatable bonds is 11. The molecular formula is C66H47B3N2. The molecule has 0 bridgehead atoms. The second-order valence-electron chi connectivity index (χ2n) is 18.8. The lowest BCUT2D eigenvalue weighted by Crippen LogP contribution is -2.51. The second kappa shape index (κ2) is 18.3. The zero-order valence-electron chi connectivity index (χ0n) is 39.3. The molecule has 11 aromatic carbocycles. The summed E-state index contributed by atoms with van der Waals surface area (Å²) in [5.74, 6) is 0. The zero-order valence-corrected chi connectivity index (χ0v) is 39.3. The van der Waals surface area contributed by atoms with Gasteiger partial charge in [-0.25, -0.2) is 0 Å². The van der Waals surface area contributed by atoms with Gasteiger partial charge in [0.05, 0.1) is 22.1 Å². The maximum Gasteiger partial charge on any atom is 0.241 e. The largest absolute Gasteiger partial charge is 0.309 e. The van der Waals surface area contributed by atoms with Gasteiger partial charge in [-0.2, -0.15) is 0 Å². The van der Waals surface area contributed by atoms with Crippen LogP contribution in [0.3, 0.4) is 0 Å². The zero-order chi connectivity index (χ0) is 47.1. The van der Waals surface area contributed by atoms with Crippen molar-refractivity contribution >= 4 is 113 Å². The number of hydrogen-bond acceptors (Lipinski definition) is 0. The van der Waals surface area contributed by atoms with Crippen molar-refractivity contribution in [1.82, 2.24) is 9.13 Å². The molecule has 0 amide bonds. The fourth-order valence-electron chi connectivity index (χ4n) is 11.5. The molecule has 5 heteroatoms. The summed E-state index contributed by atoms with van der Waals surface area (Å²) in [6, 6.07) is 105. The minimum Gasteiger partial charge on any atom is -0.309 e. The molecule has 0 aliphatic heterocycles. The van der Waals surface area contributed by atoms with Crippen LogP contribution >= 0.6 is 0 Å². The van der Waals surface area contributed by atoms with Gasteiger partial charge in [0.25, 0.3) is 0 Å². The highest BCUT2D eigenvalue weighted by Gasteiger charge is 2.28. The van der Waals surface area contributed by atoms with Gasteiger partial charge in [-0.1, -0.05) is 292 Å². The molecule has 0 saturated heterocycles. The first-order chi connectivity index (χ1) is 35.3. The van der Waals surface area contributed by atoms with Crippen LogP contribution in [0.4, 0.5) is 0 Å². The van der Waals surface area contributed by atoms with E-state index in [1.165, 1.54) is 92.8 Å². The van der Waals surface area contributed by atoms with Crippen LogP contribution < -0.4 is 49.2 Å². The Morgan fingerprint density at radius 2 is 0.521 bits per heavy atom. The number of aromatic nitrogens is 2. The number of benzene rings is 11. The van der Waals surface area contributed by atoms with Crippen LogP contribution in [-0.4, -0.2) is 29.3 Å². The van der Waals surface area contributed by atoms with Gasteiger partial charge < -0.3 is 9.13 Å². The van der Waals surface area contributed by atoms with Crippen molar-refractivity contribution in [3.05, 3.63) is 285 Å². The Kier molecular flexibility index (Phi) is 10.9. The molecule has 2 aromatic heterocycles. The van der Waals surface area contributed by atoms with E-state index >= 15 is 0 Å². The summed E-state index contributed by atoms with van der Waals surface area (Å²) in [4.78, 5) is 0. The lowest BCUT2D eigenvalue weighted by atomic mass is 9.37. The summed E-state index contributed by atoms with van der Waals surface area (Å²) in [5.41, 5.74) is 18.4. The third kappa shape index (κ3) is 7.59. The van der Waals surface area contributed by atoms with Crippen LogP contribution in [-0.2, 0) is 0 Å². The normalized spacial score (nSPS) is 11.4. The van der Waals surface area contributed by atoms with Crippen LogP contribution in [0.25, 0.3) is 55.0 Å². The quantitative estimate of drug-likeness (QED) is 0.115. The monoisotopic (exact) mass is 900 g/mol. The van der Waals surface area contributed by atoms with E-state index in [1.54, 1.807) is 0 Å². The van der Waals surface area contributed by atoms with Crippen molar-refractivity contribution in [2.24, 2.45) is 0 Å². The molecule has 0 N–H and O–H groups in total. The van der Waals surface area contributed by atoms with Crippen LogP contribution in [0.1, 0.15) is 0 Å². The van der Waals surface area contributed by atoms with Crippen molar-refractivity contribution in [2.75, 3.05) is 0 Å². The Morgan fingerprint density at radius 1 is 0.211 bits per heavy atom. The van der Waals surface area contributed by atoms with E-state index < -0.39 is 0 Å². The lowest BCUT2D eigenvalue weighted by molar-refractivity contribution is 1.17. The average Bonchev–Trinajstić information content (AvgIpc) is 3.96. The number of para-hydroxylation sites is 1. The van der Waals surface area contributed by atoms with Gasteiger partial charge in [-0.15, -0.1) is 0 Å². The Balaban J connectivity index is 1.09. The van der Waals surface area contributed by atoms with Crippen LogP contribution in [0.2, 0.25) is 0 Å². The predicted octanol–water partition coefficient (Wildman–Crippen LogP) is 9.43. The fraction of sp³-hybridized carbons (Fsp3) is 0. The van der Waals surface area contributed by atoms with Crippen molar-refractivity contribution in [2.45, 2.75) is 0 Å². The third-order valence-corrected chi connectivity index (χ3v) is 14.7. The van der Waals surface area contributed by atoms with Gasteiger partial charge in [0.1, 0.15) is 0 Å². The molecule has 0 unspecified atom stereocenters. The van der Waals surface area contributed by atoms with Crippen LogP contribution in [0, 0.1) is 0 Å². The topological polar surface area (TPSA) is 9.86 Å². The molecule has 0 fully saturated rings. The predicted molar refractivity (Wildman–Crippen MR) is 308 cm³/mol. The van der Waals surface area contributed by atoms with Gasteiger partial charge in [-0.05, 0) is 42.5 Å². The molecule has 2 heterocycles. The molecule has 0 spiro atoms. The maximum atomic E-state index is 2.52. The first kappa shape index (κ1) is 42.3. The van der Waals surface area contributed by atoms with Crippen molar-refractivity contribution in [1.29, 1.82) is 0 Å². The van der Waals surface area contributed by atoms with Crippen molar-refractivity contribution in [3.8, 4) is 11.4 Å². The van der Waals surface area contributed by atoms with E-state index in [0.717, 1.165) is 11.4 Å². The minimum atomic E-state index is 0.0436. The molecule has 0 aliphatic carbocycles. The standard InChI is InChI=1S/C66H47B3N2/c1-8-22-48(23-9-1)67(49-24-10-2-11-25-49)54-36-40-58(41-37-54)70-63-44-39-56(69(52-30-16-5-17-31-52)53-32-18-6-19-33-53)47-61(63)65-64(70)45-42-59-60-46-55(38-43-62(60)71(66(59)65)57-34-20-7-21-35-57)68(50-26-12-3-13-27-50)51-28-14-4-15-29-51/h1-47H. The van der Waals surface area contributed by atoms with E-state index in [4.69, 9.17) is 0 Å². The molecule has 71 heavy (non-hydrogen) atoms. The summed E-state index contributed by atoms with van der Waals surface area (Å²) in [6.45, 7) is 0.223. The van der Waals surface area contributed by atoms with Gasteiger partial charge >= 0.3 is 0 Å². The molecule has 0 aliphatic rings. The van der Waals surface area contributed by atoms with Crippen molar-refractivity contribution < 1.29 is 0 Å². The second-order valence-corrected chi connectivity index (χ2v) is 18.8. The van der Waals surface area contributed by atoms with E-state index in [1.807, 2.05) is 0 Å². The maximum absolute atomic E-state index is 2.52. The summed E-state index contributed by atoms with van der Waals surface area (Å²) in [6.07, 6.45) is 0. The molecule has 13 aromatic rings. The van der Waals surface area contributed by atoms with Crippen molar-refractivity contribution in [3.63, 3.8) is 0 Å². The van der Waals surface area contributed by atoms with Crippen LogP contribution in [0.5, 0.6) is 0 Å². The highest BCUT2D eigenvalue weighted by Crippen LogP contribution is 2.41. The highest BCUT2D eigenvalue weighted by molar-refractivity contribution is 6.96. The molecule has 0 saturated carbocycles.